The summed E-state index contributed by atoms with van der Waals surface area (Å²) in [6.45, 7) is 4.24. The normalized spacial score (nSPS) is 24.2. The van der Waals surface area contributed by atoms with E-state index < -0.39 is 0 Å². The Morgan fingerprint density at radius 2 is 2.53 bits per heavy atom. The molecule has 1 heterocycles. The zero-order valence-corrected chi connectivity index (χ0v) is 9.19. The third kappa shape index (κ3) is 3.18. The molecule has 0 saturated carbocycles. The number of carbonyl (C=O) groups is 1. The van der Waals surface area contributed by atoms with Crippen LogP contribution in [0.5, 0.6) is 0 Å². The van der Waals surface area contributed by atoms with E-state index >= 15 is 0 Å². The molecule has 2 atom stereocenters. The van der Waals surface area contributed by atoms with E-state index in [0.717, 1.165) is 0 Å². The number of carbonyl (C=O) groups excluding carboxylic acids is 1. The summed E-state index contributed by atoms with van der Waals surface area (Å²) in [6.07, 6.45) is 0. The first-order chi connectivity index (χ1) is 7.19. The maximum atomic E-state index is 11.5. The van der Waals surface area contributed by atoms with Crippen molar-refractivity contribution in [2.75, 3.05) is 33.4 Å². The number of likely N-dealkylation sites (N-methyl/N-ethyl adjacent to an activating group) is 1. The molecule has 1 aliphatic rings. The highest BCUT2D eigenvalue weighted by molar-refractivity contribution is 5.81. The molecular weight excluding hydrogens is 194 g/mol. The Kier molecular flexibility index (Phi) is 4.53. The third-order valence-electron chi connectivity index (χ3n) is 2.52. The molecule has 15 heavy (non-hydrogen) atoms. The zero-order valence-electron chi connectivity index (χ0n) is 9.19. The maximum Gasteiger partial charge on any atom is 0.239 e. The molecule has 5 nitrogen and oxygen atoms in total. The van der Waals surface area contributed by atoms with Crippen LogP contribution in [0.25, 0.3) is 0 Å². The summed E-state index contributed by atoms with van der Waals surface area (Å²) in [6, 6.07) is 1.93. The lowest BCUT2D eigenvalue weighted by Crippen LogP contribution is -2.54. The fourth-order valence-electron chi connectivity index (χ4n) is 1.66. The second kappa shape index (κ2) is 5.69. The Balaban J connectivity index is 2.58. The molecule has 1 amide bonds. The molecule has 0 aromatic heterocycles. The van der Waals surface area contributed by atoms with Crippen molar-refractivity contribution in [1.82, 2.24) is 10.2 Å². The van der Waals surface area contributed by atoms with Crippen molar-refractivity contribution in [3.05, 3.63) is 0 Å². The topological polar surface area (TPSA) is 65.4 Å². The van der Waals surface area contributed by atoms with Crippen LogP contribution < -0.4 is 5.32 Å². The smallest absolute Gasteiger partial charge is 0.239 e. The van der Waals surface area contributed by atoms with Gasteiger partial charge in [-0.2, -0.15) is 5.26 Å². The van der Waals surface area contributed by atoms with Crippen molar-refractivity contribution in [3.63, 3.8) is 0 Å². The second-order valence-corrected chi connectivity index (χ2v) is 3.73. The maximum absolute atomic E-state index is 11.5. The third-order valence-corrected chi connectivity index (χ3v) is 2.52. The van der Waals surface area contributed by atoms with Crippen LogP contribution in [0.3, 0.4) is 0 Å². The van der Waals surface area contributed by atoms with Crippen LogP contribution in [-0.2, 0) is 9.53 Å². The van der Waals surface area contributed by atoms with E-state index in [2.05, 4.69) is 11.4 Å². The second-order valence-electron chi connectivity index (χ2n) is 3.73. The largest absolute Gasteiger partial charge is 0.378 e. The fourth-order valence-corrected chi connectivity index (χ4v) is 1.66. The minimum absolute atomic E-state index is 0.0418. The Morgan fingerprint density at radius 3 is 3.13 bits per heavy atom. The van der Waals surface area contributed by atoms with E-state index in [-0.39, 0.29) is 17.9 Å². The average molecular weight is 211 g/mol. The van der Waals surface area contributed by atoms with E-state index in [4.69, 9.17) is 10.00 Å². The summed E-state index contributed by atoms with van der Waals surface area (Å²) in [5, 5.41) is 11.4. The van der Waals surface area contributed by atoms with Crippen molar-refractivity contribution in [3.8, 4) is 6.07 Å². The van der Waals surface area contributed by atoms with E-state index in [1.165, 1.54) is 0 Å². The number of morpholine rings is 1. The van der Waals surface area contributed by atoms with Gasteiger partial charge >= 0.3 is 0 Å². The lowest BCUT2D eigenvalue weighted by Gasteiger charge is -2.34. The molecular formula is C10H17N3O2. The molecule has 0 radical (unpaired) electrons. The van der Waals surface area contributed by atoms with Gasteiger partial charge in [-0.3, -0.25) is 9.69 Å². The molecule has 1 aliphatic heterocycles. The predicted molar refractivity (Wildman–Crippen MR) is 55.0 cm³/mol. The van der Waals surface area contributed by atoms with Gasteiger partial charge in [-0.1, -0.05) is 0 Å². The number of nitriles is 1. The van der Waals surface area contributed by atoms with Gasteiger partial charge in [0.2, 0.25) is 5.91 Å². The van der Waals surface area contributed by atoms with Crippen LogP contribution in [0.4, 0.5) is 0 Å². The molecule has 0 spiro atoms. The summed E-state index contributed by atoms with van der Waals surface area (Å²) in [5.41, 5.74) is 0. The van der Waals surface area contributed by atoms with Gasteiger partial charge in [-0.05, 0) is 6.92 Å². The number of hydrogen-bond acceptors (Lipinski definition) is 4. The Hall–Kier alpha value is -1.12. The predicted octanol–water partition coefficient (Wildman–Crippen LogP) is -0.407. The number of hydrogen-bond donors (Lipinski definition) is 1. The van der Waals surface area contributed by atoms with Crippen LogP contribution in [0.2, 0.25) is 0 Å². The summed E-state index contributed by atoms with van der Waals surface area (Å²) in [5.74, 6) is -0.102. The van der Waals surface area contributed by atoms with Gasteiger partial charge in [0.05, 0.1) is 25.2 Å². The molecule has 1 N–H and O–H groups in total. The quantitative estimate of drug-likeness (QED) is 0.689. The Morgan fingerprint density at radius 1 is 1.80 bits per heavy atom. The van der Waals surface area contributed by atoms with Crippen molar-refractivity contribution < 1.29 is 9.53 Å². The highest BCUT2D eigenvalue weighted by atomic mass is 16.5. The van der Waals surface area contributed by atoms with E-state index in [1.54, 1.807) is 7.05 Å². The Bertz CT molecular complexity index is 262. The van der Waals surface area contributed by atoms with Crippen molar-refractivity contribution in [2.24, 2.45) is 5.92 Å². The number of amides is 1. The zero-order chi connectivity index (χ0) is 11.3. The highest BCUT2D eigenvalue weighted by Gasteiger charge is 2.29. The van der Waals surface area contributed by atoms with E-state index in [0.29, 0.717) is 26.3 Å². The van der Waals surface area contributed by atoms with Crippen molar-refractivity contribution in [2.45, 2.75) is 13.0 Å². The minimum Gasteiger partial charge on any atom is -0.378 e. The summed E-state index contributed by atoms with van der Waals surface area (Å²) in [7, 11) is 1.61. The van der Waals surface area contributed by atoms with Crippen LogP contribution >= 0.6 is 0 Å². The van der Waals surface area contributed by atoms with Gasteiger partial charge < -0.3 is 10.1 Å². The van der Waals surface area contributed by atoms with Crippen LogP contribution in [0, 0.1) is 17.2 Å². The van der Waals surface area contributed by atoms with Gasteiger partial charge in [0.15, 0.2) is 0 Å². The first-order valence-electron chi connectivity index (χ1n) is 5.12. The molecule has 0 bridgehead atoms. The first-order valence-corrected chi connectivity index (χ1v) is 5.12. The van der Waals surface area contributed by atoms with E-state index in [1.807, 2.05) is 11.8 Å². The van der Waals surface area contributed by atoms with Crippen LogP contribution in [0.1, 0.15) is 6.92 Å². The van der Waals surface area contributed by atoms with Gasteiger partial charge in [0, 0.05) is 20.1 Å². The van der Waals surface area contributed by atoms with Crippen molar-refractivity contribution >= 4 is 5.91 Å². The van der Waals surface area contributed by atoms with Crippen molar-refractivity contribution in [1.29, 1.82) is 5.26 Å². The lowest BCUT2D eigenvalue weighted by atomic mass is 10.1. The fraction of sp³-hybridized carbons (Fsp3) is 0.800. The first kappa shape index (κ1) is 12.0. The highest BCUT2D eigenvalue weighted by Crippen LogP contribution is 2.09. The molecule has 0 aromatic rings. The molecule has 84 valence electrons. The molecule has 1 saturated heterocycles. The van der Waals surface area contributed by atoms with Gasteiger partial charge in [0.25, 0.3) is 0 Å². The average Bonchev–Trinajstić information content (AvgIpc) is 2.28. The number of rotatable bonds is 3. The van der Waals surface area contributed by atoms with Gasteiger partial charge in [0.1, 0.15) is 6.04 Å². The molecule has 0 aromatic carbocycles. The lowest BCUT2D eigenvalue weighted by molar-refractivity contribution is -0.132. The monoisotopic (exact) mass is 211 g/mol. The SMILES string of the molecule is CNC(=O)C1COCCN1CC(C)C#N. The minimum atomic E-state index is -0.250. The summed E-state index contributed by atoms with van der Waals surface area (Å²) in [4.78, 5) is 13.5. The summed E-state index contributed by atoms with van der Waals surface area (Å²) >= 11 is 0. The molecule has 5 heteroatoms. The van der Waals surface area contributed by atoms with Gasteiger partial charge in [-0.25, -0.2) is 0 Å². The summed E-state index contributed by atoms with van der Waals surface area (Å²) < 4.78 is 5.27. The molecule has 1 rings (SSSR count). The van der Waals surface area contributed by atoms with E-state index in [9.17, 15) is 4.79 Å². The standard InChI is InChI=1S/C10H17N3O2/c1-8(5-11)6-13-3-4-15-7-9(13)10(14)12-2/h8-9H,3-4,6-7H2,1-2H3,(H,12,14). The number of nitrogens with one attached hydrogen (secondary N) is 1. The Labute approximate surface area is 90.0 Å². The number of nitrogens with zero attached hydrogens (tertiary/aromatic N) is 2. The van der Waals surface area contributed by atoms with Crippen LogP contribution in [0.15, 0.2) is 0 Å². The number of ether oxygens (including phenoxy) is 1. The van der Waals surface area contributed by atoms with Crippen LogP contribution in [-0.4, -0.2) is 50.2 Å². The van der Waals surface area contributed by atoms with Gasteiger partial charge in [-0.15, -0.1) is 0 Å². The molecule has 0 aliphatic carbocycles. The molecule has 1 fully saturated rings. The molecule has 2 unspecified atom stereocenters.